The smallest absolute Gasteiger partial charge is 0.339 e. The van der Waals surface area contributed by atoms with E-state index in [9.17, 15) is 14.4 Å². The van der Waals surface area contributed by atoms with Crippen molar-refractivity contribution in [1.29, 1.82) is 0 Å². The molecule has 0 aliphatic carbocycles. The zero-order chi connectivity index (χ0) is 20.4. The summed E-state index contributed by atoms with van der Waals surface area (Å²) in [6.45, 7) is 9.45. The predicted octanol–water partition coefficient (Wildman–Crippen LogP) is 2.72. The van der Waals surface area contributed by atoms with Crippen LogP contribution in [0.15, 0.2) is 27.4 Å². The van der Waals surface area contributed by atoms with E-state index in [2.05, 4.69) is 5.32 Å². The normalized spacial score (nSPS) is 11.5. The van der Waals surface area contributed by atoms with Crippen LogP contribution in [0.4, 0.5) is 0 Å². The number of likely N-dealkylation sites (N-methyl/N-ethyl adjacent to an activating group) is 1. The van der Waals surface area contributed by atoms with Gasteiger partial charge >= 0.3 is 5.63 Å². The number of carbonyl (C=O) groups excluding carboxylic acids is 2. The molecule has 2 aromatic rings. The number of aryl methyl sites for hydroxylation is 2. The fourth-order valence-electron chi connectivity index (χ4n) is 2.97. The Kier molecular flexibility index (Phi) is 6.08. The number of benzene rings is 1. The minimum Gasteiger partial charge on any atom is -0.423 e. The van der Waals surface area contributed by atoms with Crippen LogP contribution in [0.5, 0.6) is 0 Å². The predicted molar refractivity (Wildman–Crippen MR) is 106 cm³/mol. The molecule has 2 rings (SSSR count). The summed E-state index contributed by atoms with van der Waals surface area (Å²) in [4.78, 5) is 38.0. The van der Waals surface area contributed by atoms with Gasteiger partial charge in [0.2, 0.25) is 11.8 Å². The highest BCUT2D eigenvalue weighted by atomic mass is 16.4. The van der Waals surface area contributed by atoms with Crippen molar-refractivity contribution in [2.45, 2.75) is 53.0 Å². The average molecular weight is 372 g/mol. The summed E-state index contributed by atoms with van der Waals surface area (Å²) >= 11 is 0. The first-order valence-electron chi connectivity index (χ1n) is 9.06. The lowest BCUT2D eigenvalue weighted by atomic mass is 10.0. The van der Waals surface area contributed by atoms with Crippen LogP contribution >= 0.6 is 0 Å². The minimum absolute atomic E-state index is 0.0132. The third-order valence-corrected chi connectivity index (χ3v) is 4.35. The Morgan fingerprint density at radius 1 is 1.19 bits per heavy atom. The van der Waals surface area contributed by atoms with Crippen molar-refractivity contribution in [3.63, 3.8) is 0 Å². The first-order valence-corrected chi connectivity index (χ1v) is 9.06. The summed E-state index contributed by atoms with van der Waals surface area (Å²) in [5, 5.41) is 3.70. The van der Waals surface area contributed by atoms with Crippen molar-refractivity contribution >= 4 is 22.8 Å². The summed E-state index contributed by atoms with van der Waals surface area (Å²) < 4.78 is 5.42. The summed E-state index contributed by atoms with van der Waals surface area (Å²) in [7, 11) is 1.59. The van der Waals surface area contributed by atoms with Gasteiger partial charge in [-0.25, -0.2) is 4.79 Å². The molecule has 0 unspecified atom stereocenters. The van der Waals surface area contributed by atoms with E-state index in [-0.39, 0.29) is 36.7 Å². The minimum atomic E-state index is -0.411. The van der Waals surface area contributed by atoms with Gasteiger partial charge in [0, 0.05) is 30.0 Å². The molecule has 0 fully saturated rings. The first-order chi connectivity index (χ1) is 12.5. The lowest BCUT2D eigenvalue weighted by Gasteiger charge is -2.23. The molecular formula is C21H28N2O4. The first kappa shape index (κ1) is 20.7. The van der Waals surface area contributed by atoms with Crippen LogP contribution in [-0.2, 0) is 16.0 Å². The molecular weight excluding hydrogens is 344 g/mol. The van der Waals surface area contributed by atoms with E-state index in [4.69, 9.17) is 4.42 Å². The average Bonchev–Trinajstić information content (AvgIpc) is 2.51. The van der Waals surface area contributed by atoms with Crippen LogP contribution in [0.25, 0.3) is 11.0 Å². The molecule has 0 radical (unpaired) electrons. The van der Waals surface area contributed by atoms with Gasteiger partial charge in [-0.1, -0.05) is 12.1 Å². The number of rotatable bonds is 5. The monoisotopic (exact) mass is 372 g/mol. The van der Waals surface area contributed by atoms with Crippen molar-refractivity contribution in [3.8, 4) is 0 Å². The van der Waals surface area contributed by atoms with Crippen molar-refractivity contribution < 1.29 is 14.0 Å². The lowest BCUT2D eigenvalue weighted by molar-refractivity contribution is -0.135. The van der Waals surface area contributed by atoms with E-state index < -0.39 is 5.63 Å². The molecule has 0 aliphatic rings. The largest absolute Gasteiger partial charge is 0.423 e. The summed E-state index contributed by atoms with van der Waals surface area (Å²) in [5.41, 5.74) is 2.16. The summed E-state index contributed by atoms with van der Waals surface area (Å²) in [6.07, 6.45) is 0.421. The van der Waals surface area contributed by atoms with E-state index in [1.807, 2.05) is 52.8 Å². The highest BCUT2D eigenvalue weighted by Crippen LogP contribution is 2.21. The van der Waals surface area contributed by atoms with Gasteiger partial charge in [-0.2, -0.15) is 0 Å². The van der Waals surface area contributed by atoms with Crippen molar-refractivity contribution in [2.24, 2.45) is 0 Å². The third kappa shape index (κ3) is 5.42. The van der Waals surface area contributed by atoms with E-state index in [1.165, 1.54) is 4.90 Å². The van der Waals surface area contributed by atoms with Crippen molar-refractivity contribution in [3.05, 3.63) is 45.3 Å². The van der Waals surface area contributed by atoms with Gasteiger partial charge in [0.1, 0.15) is 5.58 Å². The molecule has 2 amide bonds. The molecule has 0 spiro atoms. The number of nitrogens with zero attached hydrogens (tertiary/aromatic N) is 1. The topological polar surface area (TPSA) is 79.6 Å². The molecule has 27 heavy (non-hydrogen) atoms. The highest BCUT2D eigenvalue weighted by Gasteiger charge is 2.19. The Hall–Kier alpha value is -2.63. The molecule has 146 valence electrons. The molecule has 0 atom stereocenters. The maximum absolute atomic E-state index is 12.4. The summed E-state index contributed by atoms with van der Waals surface area (Å²) in [6, 6.07) is 5.73. The van der Waals surface area contributed by atoms with Crippen LogP contribution in [-0.4, -0.2) is 35.8 Å². The van der Waals surface area contributed by atoms with E-state index in [0.29, 0.717) is 11.1 Å². The molecule has 1 N–H and O–H groups in total. The van der Waals surface area contributed by atoms with Crippen LogP contribution in [0.2, 0.25) is 0 Å². The van der Waals surface area contributed by atoms with Crippen molar-refractivity contribution in [2.75, 3.05) is 13.6 Å². The molecule has 1 aromatic carbocycles. The number of amides is 2. The Morgan fingerprint density at radius 2 is 1.85 bits per heavy atom. The number of fused-ring (bicyclic) bond motifs is 1. The SMILES string of the molecule is Cc1ccc2c(C)c(CCC(=O)N(C)CC(=O)NC(C)(C)C)c(=O)oc2c1. The second-order valence-corrected chi connectivity index (χ2v) is 8.04. The van der Waals surface area contributed by atoms with E-state index >= 15 is 0 Å². The Labute approximate surface area is 159 Å². The molecule has 1 heterocycles. The number of hydrogen-bond acceptors (Lipinski definition) is 4. The van der Waals surface area contributed by atoms with Gasteiger partial charge in [0.05, 0.1) is 6.54 Å². The van der Waals surface area contributed by atoms with Gasteiger partial charge in [-0.05, 0) is 58.2 Å². The van der Waals surface area contributed by atoms with Gasteiger partial charge in [0.15, 0.2) is 0 Å². The Morgan fingerprint density at radius 3 is 2.48 bits per heavy atom. The van der Waals surface area contributed by atoms with E-state index in [0.717, 1.165) is 16.5 Å². The molecule has 1 aromatic heterocycles. The maximum atomic E-state index is 12.4. The lowest BCUT2D eigenvalue weighted by Crippen LogP contribution is -2.46. The Bertz CT molecular complexity index is 922. The van der Waals surface area contributed by atoms with E-state index in [1.54, 1.807) is 7.05 Å². The Balaban J connectivity index is 2.07. The van der Waals surface area contributed by atoms with Gasteiger partial charge in [-0.15, -0.1) is 0 Å². The second-order valence-electron chi connectivity index (χ2n) is 8.04. The number of carbonyl (C=O) groups is 2. The van der Waals surface area contributed by atoms with Crippen LogP contribution in [0.1, 0.15) is 43.9 Å². The highest BCUT2D eigenvalue weighted by molar-refractivity contribution is 5.85. The van der Waals surface area contributed by atoms with Gasteiger partial charge in [0.25, 0.3) is 0 Å². The van der Waals surface area contributed by atoms with Gasteiger partial charge < -0.3 is 14.6 Å². The number of nitrogens with one attached hydrogen (secondary N) is 1. The molecule has 0 saturated heterocycles. The standard InChI is InChI=1S/C21H28N2O4/c1-13-7-8-15-14(2)16(20(26)27-17(15)11-13)9-10-19(25)23(6)12-18(24)22-21(3,4)5/h7-8,11H,9-10,12H2,1-6H3,(H,22,24). The molecule has 0 saturated carbocycles. The second kappa shape index (κ2) is 7.94. The summed E-state index contributed by atoms with van der Waals surface area (Å²) in [5.74, 6) is -0.406. The van der Waals surface area contributed by atoms with Crippen LogP contribution in [0, 0.1) is 13.8 Å². The molecule has 6 nitrogen and oxygen atoms in total. The molecule has 6 heteroatoms. The quantitative estimate of drug-likeness (QED) is 0.819. The fourth-order valence-corrected chi connectivity index (χ4v) is 2.97. The number of hydrogen-bond donors (Lipinski definition) is 1. The zero-order valence-corrected chi connectivity index (χ0v) is 16.9. The molecule has 0 aliphatic heterocycles. The molecule has 0 bridgehead atoms. The van der Waals surface area contributed by atoms with Crippen LogP contribution in [0.3, 0.4) is 0 Å². The third-order valence-electron chi connectivity index (χ3n) is 4.35. The van der Waals surface area contributed by atoms with Crippen LogP contribution < -0.4 is 10.9 Å². The maximum Gasteiger partial charge on any atom is 0.339 e. The fraction of sp³-hybridized carbons (Fsp3) is 0.476. The zero-order valence-electron chi connectivity index (χ0n) is 16.9. The van der Waals surface area contributed by atoms with Gasteiger partial charge in [-0.3, -0.25) is 9.59 Å². The van der Waals surface area contributed by atoms with Crippen molar-refractivity contribution in [1.82, 2.24) is 10.2 Å².